The van der Waals surface area contributed by atoms with E-state index in [4.69, 9.17) is 9.47 Å². The molecule has 1 saturated heterocycles. The van der Waals surface area contributed by atoms with E-state index in [1.807, 2.05) is 6.08 Å². The predicted octanol–water partition coefficient (Wildman–Crippen LogP) is 4.60. The molecule has 0 aromatic carbocycles. The average molecular weight is 612 g/mol. The van der Waals surface area contributed by atoms with Crippen molar-refractivity contribution < 1.29 is 39.8 Å². The van der Waals surface area contributed by atoms with Gasteiger partial charge in [0.2, 0.25) is 5.91 Å². The predicted molar refractivity (Wildman–Crippen MR) is 170 cm³/mol. The van der Waals surface area contributed by atoms with E-state index in [-0.39, 0.29) is 12.5 Å². The topological polar surface area (TPSA) is 149 Å². The van der Waals surface area contributed by atoms with Gasteiger partial charge in [0.05, 0.1) is 25.4 Å². The Balaban J connectivity index is 2.56. The molecular formula is C34H61NO8. The number of carbonyl (C=O) groups is 1. The van der Waals surface area contributed by atoms with Crippen molar-refractivity contribution in [1.82, 2.24) is 5.32 Å². The maximum atomic E-state index is 12.7. The summed E-state index contributed by atoms with van der Waals surface area (Å²) in [6.45, 7) is 3.60. The summed E-state index contributed by atoms with van der Waals surface area (Å²) in [6.07, 6.45) is 20.6. The molecule has 0 aromatic heterocycles. The van der Waals surface area contributed by atoms with Gasteiger partial charge in [0, 0.05) is 6.42 Å². The molecule has 1 rings (SSSR count). The first kappa shape index (κ1) is 39.4. The lowest BCUT2D eigenvalue weighted by Crippen LogP contribution is -2.60. The third-order valence-electron chi connectivity index (χ3n) is 7.69. The van der Waals surface area contributed by atoms with Crippen LogP contribution in [0.3, 0.4) is 0 Å². The first-order valence-corrected chi connectivity index (χ1v) is 16.7. The summed E-state index contributed by atoms with van der Waals surface area (Å²) in [5.41, 5.74) is 0. The second-order valence-electron chi connectivity index (χ2n) is 11.6. The van der Waals surface area contributed by atoms with Crippen LogP contribution in [0, 0.1) is 0 Å². The van der Waals surface area contributed by atoms with Gasteiger partial charge < -0.3 is 40.3 Å². The molecule has 7 unspecified atom stereocenters. The fourth-order valence-corrected chi connectivity index (χ4v) is 4.85. The van der Waals surface area contributed by atoms with Crippen LogP contribution >= 0.6 is 0 Å². The number of rotatable bonds is 25. The van der Waals surface area contributed by atoms with Gasteiger partial charge in [0.1, 0.15) is 24.4 Å². The van der Waals surface area contributed by atoms with Crippen LogP contribution in [0.4, 0.5) is 0 Å². The molecule has 0 spiro atoms. The highest BCUT2D eigenvalue weighted by Crippen LogP contribution is 2.22. The van der Waals surface area contributed by atoms with E-state index < -0.39 is 49.5 Å². The van der Waals surface area contributed by atoms with Gasteiger partial charge in [0.25, 0.3) is 0 Å². The van der Waals surface area contributed by atoms with Crippen LogP contribution in [0.2, 0.25) is 0 Å². The Hall–Kier alpha value is -1.59. The van der Waals surface area contributed by atoms with Gasteiger partial charge in [-0.1, -0.05) is 95.2 Å². The van der Waals surface area contributed by atoms with Crippen molar-refractivity contribution in [1.29, 1.82) is 0 Å². The largest absolute Gasteiger partial charge is 0.394 e. The van der Waals surface area contributed by atoms with Crippen LogP contribution in [0.1, 0.15) is 117 Å². The van der Waals surface area contributed by atoms with Crippen LogP contribution in [0.15, 0.2) is 36.5 Å². The lowest BCUT2D eigenvalue weighted by Gasteiger charge is -2.40. The number of hydrogen-bond acceptors (Lipinski definition) is 8. The van der Waals surface area contributed by atoms with E-state index in [2.05, 4.69) is 43.5 Å². The molecule has 1 aliphatic rings. The molecule has 250 valence electrons. The van der Waals surface area contributed by atoms with Crippen molar-refractivity contribution in [3.05, 3.63) is 36.5 Å². The molecule has 0 aromatic rings. The third-order valence-corrected chi connectivity index (χ3v) is 7.69. The fraction of sp³-hybridized carbons (Fsp3) is 0.794. The van der Waals surface area contributed by atoms with Crippen LogP contribution in [0.25, 0.3) is 0 Å². The molecular weight excluding hydrogens is 550 g/mol. The third kappa shape index (κ3) is 18.1. The Labute approximate surface area is 260 Å². The zero-order chi connectivity index (χ0) is 31.7. The number of aliphatic hydroxyl groups is 5. The lowest BCUT2D eigenvalue weighted by atomic mass is 9.99. The quantitative estimate of drug-likeness (QED) is 0.0648. The summed E-state index contributed by atoms with van der Waals surface area (Å²) in [4.78, 5) is 12.7. The molecule has 0 aliphatic carbocycles. The molecule has 0 bridgehead atoms. The van der Waals surface area contributed by atoms with Gasteiger partial charge in [-0.05, 0) is 51.4 Å². The summed E-state index contributed by atoms with van der Waals surface area (Å²) in [5.74, 6) is -0.205. The summed E-state index contributed by atoms with van der Waals surface area (Å²) in [5, 5.41) is 53.5. The molecule has 43 heavy (non-hydrogen) atoms. The van der Waals surface area contributed by atoms with E-state index in [0.717, 1.165) is 64.2 Å². The van der Waals surface area contributed by atoms with E-state index in [0.29, 0.717) is 6.42 Å². The highest BCUT2D eigenvalue weighted by molar-refractivity contribution is 5.76. The molecule has 1 aliphatic heterocycles. The molecule has 0 saturated carbocycles. The highest BCUT2D eigenvalue weighted by Gasteiger charge is 2.44. The van der Waals surface area contributed by atoms with Gasteiger partial charge in [-0.25, -0.2) is 0 Å². The van der Waals surface area contributed by atoms with Crippen molar-refractivity contribution in [2.45, 2.75) is 159 Å². The first-order valence-electron chi connectivity index (χ1n) is 16.7. The van der Waals surface area contributed by atoms with Crippen LogP contribution in [-0.2, 0) is 14.3 Å². The Bertz CT molecular complexity index is 771. The number of carbonyl (C=O) groups excluding carboxylic acids is 1. The van der Waals surface area contributed by atoms with Crippen LogP contribution in [0.5, 0.6) is 0 Å². The Morgan fingerprint density at radius 2 is 1.35 bits per heavy atom. The van der Waals surface area contributed by atoms with Crippen molar-refractivity contribution in [2.24, 2.45) is 0 Å². The molecule has 1 fully saturated rings. The maximum absolute atomic E-state index is 12.7. The molecule has 7 atom stereocenters. The number of hydrogen-bond donors (Lipinski definition) is 6. The smallest absolute Gasteiger partial charge is 0.220 e. The monoisotopic (exact) mass is 611 g/mol. The van der Waals surface area contributed by atoms with Gasteiger partial charge in [-0.15, -0.1) is 0 Å². The summed E-state index contributed by atoms with van der Waals surface area (Å²) in [6, 6.07) is -0.819. The van der Waals surface area contributed by atoms with Gasteiger partial charge in [-0.3, -0.25) is 4.79 Å². The van der Waals surface area contributed by atoms with Gasteiger partial charge in [-0.2, -0.15) is 0 Å². The standard InChI is InChI=1S/C34H61NO8/c1-3-5-7-9-11-13-14-16-18-20-22-24-30(38)35-27(28(37)23-21-19-17-15-12-10-8-6-4-2)26-42-34-33(41)32(40)31(39)29(25-36)43-34/h9,11-12,15,21,23,27-29,31-34,36-37,39-41H,3-8,10,13-14,16-20,22,24-26H2,1-2H3,(H,35,38)/b11-9-,15-12+,23-21+. The molecule has 0 radical (unpaired) electrons. The van der Waals surface area contributed by atoms with Crippen molar-refractivity contribution in [3.8, 4) is 0 Å². The minimum Gasteiger partial charge on any atom is -0.394 e. The minimum atomic E-state index is -1.57. The Kier molecular flexibility index (Phi) is 23.6. The maximum Gasteiger partial charge on any atom is 0.220 e. The number of unbranched alkanes of at least 4 members (excludes halogenated alkanes) is 11. The number of amides is 1. The number of nitrogens with one attached hydrogen (secondary N) is 1. The summed E-state index contributed by atoms with van der Waals surface area (Å²) < 4.78 is 11.1. The van der Waals surface area contributed by atoms with Crippen molar-refractivity contribution in [3.63, 3.8) is 0 Å². The number of ether oxygens (including phenoxy) is 2. The second-order valence-corrected chi connectivity index (χ2v) is 11.6. The van der Waals surface area contributed by atoms with Gasteiger partial charge in [0.15, 0.2) is 6.29 Å². The van der Waals surface area contributed by atoms with E-state index in [1.165, 1.54) is 32.1 Å². The molecule has 6 N–H and O–H groups in total. The summed E-state index contributed by atoms with van der Waals surface area (Å²) >= 11 is 0. The van der Waals surface area contributed by atoms with Crippen LogP contribution in [-0.4, -0.2) is 87.5 Å². The normalized spacial score (nSPS) is 24.3. The SMILES string of the molecule is CCCC/C=C\CCCCCCCC(=O)NC(COC1OC(CO)C(O)C(O)C1O)C(O)/C=C/CC/C=C/CCCCC. The zero-order valence-corrected chi connectivity index (χ0v) is 26.7. The van der Waals surface area contributed by atoms with Crippen LogP contribution < -0.4 is 5.32 Å². The molecule has 9 heteroatoms. The molecule has 1 amide bonds. The lowest BCUT2D eigenvalue weighted by molar-refractivity contribution is -0.302. The minimum absolute atomic E-state index is 0.205. The van der Waals surface area contributed by atoms with E-state index >= 15 is 0 Å². The Morgan fingerprint density at radius 1 is 0.767 bits per heavy atom. The number of aliphatic hydroxyl groups excluding tert-OH is 5. The molecule has 1 heterocycles. The second kappa shape index (κ2) is 25.7. The van der Waals surface area contributed by atoms with E-state index in [1.54, 1.807) is 6.08 Å². The van der Waals surface area contributed by atoms with Crippen molar-refractivity contribution in [2.75, 3.05) is 13.2 Å². The highest BCUT2D eigenvalue weighted by atomic mass is 16.7. The zero-order valence-electron chi connectivity index (χ0n) is 26.7. The van der Waals surface area contributed by atoms with Gasteiger partial charge >= 0.3 is 0 Å². The Morgan fingerprint density at radius 3 is 2.02 bits per heavy atom. The molecule has 9 nitrogen and oxygen atoms in total. The average Bonchev–Trinajstić information content (AvgIpc) is 3.00. The van der Waals surface area contributed by atoms with Crippen molar-refractivity contribution >= 4 is 5.91 Å². The van der Waals surface area contributed by atoms with E-state index in [9.17, 15) is 30.3 Å². The summed E-state index contributed by atoms with van der Waals surface area (Å²) in [7, 11) is 0. The number of allylic oxidation sites excluding steroid dienone is 5. The first-order chi connectivity index (χ1) is 20.8. The fourth-order valence-electron chi connectivity index (χ4n) is 4.85.